The molecule has 0 heterocycles. The largest absolute Gasteiger partial charge is 0.762 e. The third-order valence-electron chi connectivity index (χ3n) is 1.13. The number of allylic oxidation sites excluding steroid dienone is 1. The van der Waals surface area contributed by atoms with Gasteiger partial charge in [-0.1, -0.05) is 20.8 Å². The Morgan fingerprint density at radius 2 is 1.91 bits per heavy atom. The van der Waals surface area contributed by atoms with Crippen molar-refractivity contribution in [2.24, 2.45) is 5.41 Å². The van der Waals surface area contributed by atoms with Crippen LogP contribution in [0.5, 0.6) is 0 Å². The normalized spacial score (nSPS) is 9.64. The van der Waals surface area contributed by atoms with E-state index in [9.17, 15) is 4.79 Å². The van der Waals surface area contributed by atoms with Gasteiger partial charge >= 0.3 is 0 Å². The summed E-state index contributed by atoms with van der Waals surface area (Å²) in [4.78, 5) is 11.1. The molecule has 0 fully saturated rings. The Labute approximate surface area is 65.8 Å². The average molecular weight is 149 g/mol. The summed E-state index contributed by atoms with van der Waals surface area (Å²) in [7, 11) is 0. The Kier molecular flexibility index (Phi) is 2.74. The van der Waals surface area contributed by atoms with Gasteiger partial charge < -0.3 is 5.41 Å². The van der Waals surface area contributed by atoms with Gasteiger partial charge in [-0.2, -0.15) is 5.26 Å². The van der Waals surface area contributed by atoms with Crippen LogP contribution < -0.4 is 0 Å². The Morgan fingerprint density at radius 3 is 2.00 bits per heavy atom. The van der Waals surface area contributed by atoms with Crippen LogP contribution in [0.4, 0.5) is 0 Å². The van der Waals surface area contributed by atoms with Gasteiger partial charge in [0.2, 0.25) is 0 Å². The minimum atomic E-state index is -0.638. The highest BCUT2D eigenvalue weighted by molar-refractivity contribution is 6.09. The molecule has 58 valence electrons. The van der Waals surface area contributed by atoms with Crippen LogP contribution in [0.25, 0.3) is 5.41 Å². The maximum atomic E-state index is 11.1. The van der Waals surface area contributed by atoms with Crippen molar-refractivity contribution >= 4 is 11.7 Å². The van der Waals surface area contributed by atoms with Crippen LogP contribution in [0, 0.1) is 16.7 Å². The van der Waals surface area contributed by atoms with Crippen molar-refractivity contribution < 1.29 is 4.79 Å². The van der Waals surface area contributed by atoms with Crippen molar-refractivity contribution in [3.8, 4) is 6.07 Å². The average Bonchev–Trinajstić information content (AvgIpc) is 1.88. The Bertz CT molecular complexity index is 259. The van der Waals surface area contributed by atoms with Crippen molar-refractivity contribution in [3.63, 3.8) is 0 Å². The van der Waals surface area contributed by atoms with E-state index in [0.29, 0.717) is 0 Å². The lowest BCUT2D eigenvalue weighted by molar-refractivity contribution is -0.121. The fraction of sp³-hybridized carbons (Fsp3) is 0.500. The molecule has 0 unspecified atom stereocenters. The zero-order valence-electron chi connectivity index (χ0n) is 6.80. The SMILES string of the molecule is CC(C)(C)C(=O)C(=C=[N-])C#N. The molecule has 0 amide bonds. The lowest BCUT2D eigenvalue weighted by atomic mass is 9.87. The minimum absolute atomic E-state index is 0.322. The molecular weight excluding hydrogens is 140 g/mol. The Hall–Kier alpha value is -1.39. The van der Waals surface area contributed by atoms with Crippen molar-refractivity contribution in [1.82, 2.24) is 0 Å². The summed E-state index contributed by atoms with van der Waals surface area (Å²) < 4.78 is 0. The number of hydrogen-bond donors (Lipinski definition) is 0. The van der Waals surface area contributed by atoms with E-state index in [-0.39, 0.29) is 5.57 Å². The fourth-order valence-electron chi connectivity index (χ4n) is 0.502. The van der Waals surface area contributed by atoms with E-state index in [1.165, 1.54) is 0 Å². The van der Waals surface area contributed by atoms with Crippen LogP contribution in [0.2, 0.25) is 0 Å². The van der Waals surface area contributed by atoms with Gasteiger partial charge in [-0.3, -0.25) is 4.79 Å². The lowest BCUT2D eigenvalue weighted by Gasteiger charge is -2.14. The van der Waals surface area contributed by atoms with Crippen LogP contribution in [0.3, 0.4) is 0 Å². The van der Waals surface area contributed by atoms with Crippen molar-refractivity contribution in [1.29, 1.82) is 5.26 Å². The minimum Gasteiger partial charge on any atom is -0.762 e. The number of Topliss-reactive ketones (excluding diaryl/α,β-unsaturated/α-hetero) is 1. The number of nitriles is 1. The molecule has 0 aromatic rings. The van der Waals surface area contributed by atoms with Crippen LogP contribution in [0.15, 0.2) is 5.57 Å². The number of carbonyl (C=O) groups excluding carboxylic acids is 1. The van der Waals surface area contributed by atoms with Gasteiger partial charge in [0.15, 0.2) is 5.78 Å². The first-order valence-corrected chi connectivity index (χ1v) is 3.15. The Morgan fingerprint density at radius 1 is 1.45 bits per heavy atom. The van der Waals surface area contributed by atoms with Crippen LogP contribution in [-0.2, 0) is 4.79 Å². The van der Waals surface area contributed by atoms with Crippen LogP contribution >= 0.6 is 0 Å². The molecule has 0 aliphatic rings. The van der Waals surface area contributed by atoms with E-state index in [2.05, 4.69) is 0 Å². The predicted molar refractivity (Wildman–Crippen MR) is 42.0 cm³/mol. The molecule has 0 spiro atoms. The molecule has 3 heteroatoms. The maximum absolute atomic E-state index is 11.1. The van der Waals surface area contributed by atoms with Gasteiger partial charge in [-0.15, -0.1) is 0 Å². The highest BCUT2D eigenvalue weighted by Gasteiger charge is 2.23. The zero-order valence-corrected chi connectivity index (χ0v) is 6.80. The molecule has 0 aliphatic heterocycles. The highest BCUT2D eigenvalue weighted by Crippen LogP contribution is 2.17. The van der Waals surface area contributed by atoms with E-state index in [1.54, 1.807) is 32.7 Å². The summed E-state index contributed by atoms with van der Waals surface area (Å²) in [5.74, 6) is 1.16. The molecule has 0 atom stereocenters. The van der Waals surface area contributed by atoms with Gasteiger partial charge in [0.25, 0.3) is 0 Å². The summed E-state index contributed by atoms with van der Waals surface area (Å²) >= 11 is 0. The fourth-order valence-corrected chi connectivity index (χ4v) is 0.502. The van der Waals surface area contributed by atoms with Crippen LogP contribution in [-0.4, -0.2) is 11.7 Å². The quantitative estimate of drug-likeness (QED) is 0.320. The zero-order chi connectivity index (χ0) is 9.07. The van der Waals surface area contributed by atoms with E-state index >= 15 is 0 Å². The summed E-state index contributed by atoms with van der Waals surface area (Å²) in [6.45, 7) is 5.01. The van der Waals surface area contributed by atoms with Crippen molar-refractivity contribution in [2.75, 3.05) is 0 Å². The van der Waals surface area contributed by atoms with Gasteiger partial charge in [0.05, 0.1) is 0 Å². The second-order valence-electron chi connectivity index (χ2n) is 3.18. The number of rotatable bonds is 1. The van der Waals surface area contributed by atoms with E-state index in [0.717, 1.165) is 0 Å². The molecular formula is C8H9N2O-. The molecule has 0 rings (SSSR count). The predicted octanol–water partition coefficient (Wildman–Crippen LogP) is 1.29. The van der Waals surface area contributed by atoms with Crippen molar-refractivity contribution in [3.05, 3.63) is 11.0 Å². The molecule has 0 saturated heterocycles. The highest BCUT2D eigenvalue weighted by atomic mass is 16.1. The standard InChI is InChI=1S/C8H9N2O/c1-8(2,3)7(11)6(4-9)5-10/h1-3H3/q-1. The third kappa shape index (κ3) is 2.37. The molecule has 0 saturated carbocycles. The first-order chi connectivity index (χ1) is 4.93. The summed E-state index contributed by atoms with van der Waals surface area (Å²) in [6.07, 6.45) is 0. The Balaban J connectivity index is 4.82. The van der Waals surface area contributed by atoms with Gasteiger partial charge in [-0.05, 0) is 0 Å². The lowest BCUT2D eigenvalue weighted by Crippen LogP contribution is -2.21. The second kappa shape index (κ2) is 3.14. The molecule has 0 radical (unpaired) electrons. The third-order valence-corrected chi connectivity index (χ3v) is 1.13. The molecule has 3 nitrogen and oxygen atoms in total. The molecule has 0 aromatic carbocycles. The summed E-state index contributed by atoms with van der Waals surface area (Å²) in [5.41, 5.74) is -0.960. The topological polar surface area (TPSA) is 63.2 Å². The molecule has 0 aliphatic carbocycles. The number of nitrogens with zero attached hydrogens (tertiary/aromatic N) is 2. The van der Waals surface area contributed by atoms with E-state index in [1.807, 2.05) is 0 Å². The number of carbonyl (C=O) groups is 1. The monoisotopic (exact) mass is 149 g/mol. The molecule has 11 heavy (non-hydrogen) atoms. The number of hydrogen-bond acceptors (Lipinski definition) is 2. The molecule has 0 bridgehead atoms. The van der Waals surface area contributed by atoms with E-state index < -0.39 is 11.2 Å². The maximum Gasteiger partial charge on any atom is 0.184 e. The smallest absolute Gasteiger partial charge is 0.184 e. The molecule has 0 N–H and O–H groups in total. The number of ketones is 1. The molecule has 0 aromatic heterocycles. The second-order valence-corrected chi connectivity index (χ2v) is 3.18. The first kappa shape index (κ1) is 9.61. The summed E-state index contributed by atoms with van der Waals surface area (Å²) in [5, 5.41) is 16.7. The van der Waals surface area contributed by atoms with E-state index in [4.69, 9.17) is 10.7 Å². The van der Waals surface area contributed by atoms with Crippen LogP contribution in [0.1, 0.15) is 20.8 Å². The first-order valence-electron chi connectivity index (χ1n) is 3.15. The summed E-state index contributed by atoms with van der Waals surface area (Å²) in [6, 6.07) is 1.56. The van der Waals surface area contributed by atoms with Gasteiger partial charge in [-0.25, -0.2) is 5.87 Å². The van der Waals surface area contributed by atoms with Crippen molar-refractivity contribution in [2.45, 2.75) is 20.8 Å². The van der Waals surface area contributed by atoms with Gasteiger partial charge in [0, 0.05) is 5.41 Å². The van der Waals surface area contributed by atoms with Gasteiger partial charge in [0.1, 0.15) is 11.6 Å².